The highest BCUT2D eigenvalue weighted by Gasteiger charge is 2.11. The molecule has 0 saturated carbocycles. The minimum Gasteiger partial charge on any atom is -0.361 e. The second-order valence-corrected chi connectivity index (χ2v) is 3.21. The topological polar surface area (TPSA) is 68.9 Å². The van der Waals surface area contributed by atoms with Crippen molar-refractivity contribution < 1.29 is 9.32 Å². The smallest absolute Gasteiger partial charge is 0.166 e. The van der Waals surface area contributed by atoms with Gasteiger partial charge in [0.2, 0.25) is 0 Å². The third kappa shape index (κ3) is 1.73. The molecule has 0 aliphatic carbocycles. The normalized spacial score (nSPS) is 10.3. The van der Waals surface area contributed by atoms with Crippen molar-refractivity contribution in [3.63, 3.8) is 0 Å². The van der Waals surface area contributed by atoms with E-state index < -0.39 is 0 Å². The van der Waals surface area contributed by atoms with Crippen LogP contribution in [0.3, 0.4) is 0 Å². The van der Waals surface area contributed by atoms with Crippen LogP contribution in [-0.4, -0.2) is 21.4 Å². The highest BCUT2D eigenvalue weighted by molar-refractivity contribution is 6.31. The summed E-state index contributed by atoms with van der Waals surface area (Å²) < 4.78 is 4.87. The van der Waals surface area contributed by atoms with Crippen LogP contribution in [-0.2, 0) is 0 Å². The maximum Gasteiger partial charge on any atom is 0.166 e. The molecule has 2 heterocycles. The molecule has 0 bridgehead atoms. The van der Waals surface area contributed by atoms with Crippen molar-refractivity contribution in [1.82, 2.24) is 15.1 Å². The van der Waals surface area contributed by atoms with E-state index in [0.29, 0.717) is 23.4 Å². The number of rotatable bonds is 2. The average Bonchev–Trinajstić information content (AvgIpc) is 2.64. The molecule has 2 aromatic rings. The van der Waals surface area contributed by atoms with Crippen LogP contribution >= 0.6 is 11.6 Å². The molecule has 0 radical (unpaired) electrons. The molecule has 0 amide bonds. The van der Waals surface area contributed by atoms with Gasteiger partial charge in [-0.2, -0.15) is 0 Å². The van der Waals surface area contributed by atoms with Crippen LogP contribution in [0.4, 0.5) is 0 Å². The van der Waals surface area contributed by atoms with Gasteiger partial charge in [0, 0.05) is 6.20 Å². The van der Waals surface area contributed by atoms with Crippen LogP contribution in [0.25, 0.3) is 11.4 Å². The summed E-state index contributed by atoms with van der Waals surface area (Å²) >= 11 is 5.77. The summed E-state index contributed by atoms with van der Waals surface area (Å²) in [6.45, 7) is 1.74. The highest BCUT2D eigenvalue weighted by atomic mass is 35.5. The molecule has 0 fully saturated rings. The average molecular weight is 224 g/mol. The van der Waals surface area contributed by atoms with Crippen molar-refractivity contribution in [2.24, 2.45) is 0 Å². The molecular weight excluding hydrogens is 218 g/mol. The highest BCUT2D eigenvalue weighted by Crippen LogP contribution is 2.21. The molecule has 0 spiro atoms. The Morgan fingerprint density at radius 3 is 2.80 bits per heavy atom. The molecule has 0 aromatic carbocycles. The Balaban J connectivity index is 2.52. The number of hydrogen-bond acceptors (Lipinski definition) is 5. The van der Waals surface area contributed by atoms with E-state index in [1.54, 1.807) is 6.92 Å². The molecule has 0 N–H and O–H groups in total. The number of halogens is 1. The van der Waals surface area contributed by atoms with Gasteiger partial charge in [0.15, 0.2) is 12.1 Å². The Morgan fingerprint density at radius 1 is 1.47 bits per heavy atom. The Morgan fingerprint density at radius 2 is 2.27 bits per heavy atom. The molecule has 6 heteroatoms. The Kier molecular flexibility index (Phi) is 2.47. The van der Waals surface area contributed by atoms with Crippen LogP contribution in [0.15, 0.2) is 16.9 Å². The predicted molar refractivity (Wildman–Crippen MR) is 52.7 cm³/mol. The number of nitrogens with zero attached hydrogens (tertiary/aromatic N) is 3. The molecule has 0 saturated heterocycles. The van der Waals surface area contributed by atoms with Gasteiger partial charge >= 0.3 is 0 Å². The summed E-state index contributed by atoms with van der Waals surface area (Å²) in [5.74, 6) is 0.995. The van der Waals surface area contributed by atoms with Crippen LogP contribution in [0.2, 0.25) is 5.15 Å². The third-order valence-corrected chi connectivity index (χ3v) is 2.19. The van der Waals surface area contributed by atoms with Gasteiger partial charge < -0.3 is 4.52 Å². The molecule has 0 aliphatic heterocycles. The minimum atomic E-state index is 0.121. The van der Waals surface area contributed by atoms with Crippen LogP contribution in [0.5, 0.6) is 0 Å². The van der Waals surface area contributed by atoms with E-state index in [1.165, 1.54) is 12.4 Å². The van der Waals surface area contributed by atoms with Crippen molar-refractivity contribution in [2.75, 3.05) is 0 Å². The Bertz CT molecular complexity index is 510. The van der Waals surface area contributed by atoms with Gasteiger partial charge in [-0.25, -0.2) is 9.97 Å². The second-order valence-electron chi connectivity index (χ2n) is 2.85. The van der Waals surface area contributed by atoms with E-state index in [0.717, 1.165) is 0 Å². The first-order valence-electron chi connectivity index (χ1n) is 4.11. The van der Waals surface area contributed by atoms with Gasteiger partial charge in [0.25, 0.3) is 0 Å². The minimum absolute atomic E-state index is 0.121. The SMILES string of the molecule is Cc1oncc1-c1ncc(C=O)c(Cl)n1. The zero-order valence-electron chi connectivity index (χ0n) is 7.77. The molecule has 15 heavy (non-hydrogen) atoms. The summed E-state index contributed by atoms with van der Waals surface area (Å²) in [5.41, 5.74) is 0.920. The Hall–Kier alpha value is -1.75. The molecule has 0 unspecified atom stereocenters. The van der Waals surface area contributed by atoms with Gasteiger partial charge in [-0.05, 0) is 6.92 Å². The van der Waals surface area contributed by atoms with E-state index in [-0.39, 0.29) is 10.7 Å². The number of carbonyl (C=O) groups excluding carboxylic acids is 1. The summed E-state index contributed by atoms with van der Waals surface area (Å²) in [6.07, 6.45) is 3.47. The quantitative estimate of drug-likeness (QED) is 0.575. The third-order valence-electron chi connectivity index (χ3n) is 1.89. The van der Waals surface area contributed by atoms with Gasteiger partial charge in [-0.3, -0.25) is 4.79 Å². The van der Waals surface area contributed by atoms with Gasteiger partial charge in [-0.15, -0.1) is 0 Å². The van der Waals surface area contributed by atoms with Gasteiger partial charge in [0.1, 0.15) is 10.9 Å². The Labute approximate surface area is 90.1 Å². The molecule has 0 aliphatic rings. The largest absolute Gasteiger partial charge is 0.361 e. The molecule has 2 aromatic heterocycles. The first kappa shape index (κ1) is 9.79. The van der Waals surface area contributed by atoms with Gasteiger partial charge in [-0.1, -0.05) is 16.8 Å². The maximum atomic E-state index is 10.5. The fourth-order valence-corrected chi connectivity index (χ4v) is 1.27. The van der Waals surface area contributed by atoms with Crippen LogP contribution in [0, 0.1) is 6.92 Å². The van der Waals surface area contributed by atoms with Crippen LogP contribution in [0.1, 0.15) is 16.1 Å². The summed E-state index contributed by atoms with van der Waals surface area (Å²) in [7, 11) is 0. The second kappa shape index (κ2) is 3.78. The predicted octanol–water partition coefficient (Wildman–Crippen LogP) is 1.91. The molecule has 76 valence electrons. The fraction of sp³-hybridized carbons (Fsp3) is 0.111. The number of aromatic nitrogens is 3. The molecular formula is C9H6ClN3O2. The first-order valence-corrected chi connectivity index (χ1v) is 4.49. The van der Waals surface area contributed by atoms with E-state index in [4.69, 9.17) is 16.1 Å². The summed E-state index contributed by atoms with van der Waals surface area (Å²) in [5, 5.41) is 3.72. The fourth-order valence-electron chi connectivity index (χ4n) is 1.09. The lowest BCUT2D eigenvalue weighted by Gasteiger charge is -1.98. The van der Waals surface area contributed by atoms with E-state index in [2.05, 4.69) is 15.1 Å². The number of aryl methyl sites for hydroxylation is 1. The maximum absolute atomic E-state index is 10.5. The standard InChI is InChI=1S/C9H6ClN3O2/c1-5-7(3-12-15-5)9-11-2-6(4-14)8(10)13-9/h2-4H,1H3. The van der Waals surface area contributed by atoms with Crippen molar-refractivity contribution in [1.29, 1.82) is 0 Å². The van der Waals surface area contributed by atoms with Crippen molar-refractivity contribution >= 4 is 17.9 Å². The van der Waals surface area contributed by atoms with E-state index in [1.807, 2.05) is 0 Å². The zero-order valence-corrected chi connectivity index (χ0v) is 8.52. The monoisotopic (exact) mass is 223 g/mol. The van der Waals surface area contributed by atoms with Crippen molar-refractivity contribution in [2.45, 2.75) is 6.92 Å². The lowest BCUT2D eigenvalue weighted by atomic mass is 10.2. The molecule has 0 atom stereocenters. The first-order chi connectivity index (χ1) is 7.22. The summed E-state index contributed by atoms with van der Waals surface area (Å²) in [4.78, 5) is 18.5. The van der Waals surface area contributed by atoms with E-state index >= 15 is 0 Å². The van der Waals surface area contributed by atoms with Crippen molar-refractivity contribution in [3.05, 3.63) is 28.9 Å². The molecule has 2 rings (SSSR count). The van der Waals surface area contributed by atoms with Gasteiger partial charge in [0.05, 0.1) is 17.3 Å². The van der Waals surface area contributed by atoms with E-state index in [9.17, 15) is 4.79 Å². The van der Waals surface area contributed by atoms with Crippen LogP contribution < -0.4 is 0 Å². The molecule has 5 nitrogen and oxygen atoms in total. The number of carbonyl (C=O) groups is 1. The summed E-state index contributed by atoms with van der Waals surface area (Å²) in [6, 6.07) is 0. The van der Waals surface area contributed by atoms with Crippen molar-refractivity contribution in [3.8, 4) is 11.4 Å². The zero-order chi connectivity index (χ0) is 10.8. The number of hydrogen-bond donors (Lipinski definition) is 0. The lowest BCUT2D eigenvalue weighted by Crippen LogP contribution is -1.93. The number of aldehydes is 1. The lowest BCUT2D eigenvalue weighted by molar-refractivity contribution is 0.112.